The minimum atomic E-state index is -0.824. The highest BCUT2D eigenvalue weighted by atomic mass is 127. The summed E-state index contributed by atoms with van der Waals surface area (Å²) in [6.45, 7) is 9.68. The number of halogens is 1. The zero-order chi connectivity index (χ0) is 8.91. The molecule has 0 nitrogen and oxygen atoms in total. The summed E-state index contributed by atoms with van der Waals surface area (Å²) in [6.07, 6.45) is 5.66. The van der Waals surface area contributed by atoms with Crippen LogP contribution in [-0.2, 0) is 0 Å². The summed E-state index contributed by atoms with van der Waals surface area (Å²) in [5, 5.41) is 0. The first-order valence-electron chi connectivity index (χ1n) is 4.62. The highest BCUT2D eigenvalue weighted by Gasteiger charge is 2.22. The Balaban J connectivity index is 3.44. The van der Waals surface area contributed by atoms with Crippen LogP contribution in [0.3, 0.4) is 0 Å². The molecule has 0 fully saturated rings. The summed E-state index contributed by atoms with van der Waals surface area (Å²) in [7, 11) is -0.824. The van der Waals surface area contributed by atoms with Crippen LogP contribution in [0.1, 0.15) is 32.6 Å². The number of hydrogen-bond acceptors (Lipinski definition) is 0. The van der Waals surface area contributed by atoms with Gasteiger partial charge in [-0.05, 0) is 6.42 Å². The lowest BCUT2D eigenvalue weighted by molar-refractivity contribution is 0.694. The van der Waals surface area contributed by atoms with E-state index in [1.165, 1.54) is 25.7 Å². The summed E-state index contributed by atoms with van der Waals surface area (Å²) >= 11 is 2.65. The lowest BCUT2D eigenvalue weighted by Crippen LogP contribution is -2.33. The van der Waals surface area contributed by atoms with Crippen LogP contribution in [0, 0.1) is 0 Å². The molecule has 0 bridgehead atoms. The van der Waals surface area contributed by atoms with E-state index in [1.807, 2.05) is 0 Å². The van der Waals surface area contributed by atoms with Gasteiger partial charge in [-0.1, -0.05) is 68.4 Å². The van der Waals surface area contributed by atoms with Gasteiger partial charge in [0.05, 0.1) is 8.07 Å². The predicted molar refractivity (Wildman–Crippen MR) is 65.3 cm³/mol. The lowest BCUT2D eigenvalue weighted by Gasteiger charge is -2.23. The van der Waals surface area contributed by atoms with E-state index in [4.69, 9.17) is 0 Å². The smallest absolute Gasteiger partial charge is 0.0585 e. The van der Waals surface area contributed by atoms with Gasteiger partial charge in [0.1, 0.15) is 0 Å². The number of unbranched alkanes of at least 4 members (excludes halogenated alkanes) is 2. The van der Waals surface area contributed by atoms with Gasteiger partial charge >= 0.3 is 0 Å². The molecule has 0 heterocycles. The van der Waals surface area contributed by atoms with Crippen molar-refractivity contribution in [2.24, 2.45) is 0 Å². The van der Waals surface area contributed by atoms with Crippen LogP contribution >= 0.6 is 22.6 Å². The largest absolute Gasteiger partial charge is 0.0861 e. The predicted octanol–water partition coefficient (Wildman–Crippen LogP) is 4.25. The Bertz CT molecular complexity index is 96.2. The average molecular weight is 284 g/mol. The number of alkyl halides is 1. The topological polar surface area (TPSA) is 0 Å². The highest BCUT2D eigenvalue weighted by molar-refractivity contribution is 14.1. The molecule has 0 saturated carbocycles. The first kappa shape index (κ1) is 11.9. The van der Waals surface area contributed by atoms with E-state index in [9.17, 15) is 0 Å². The standard InChI is InChI=1S/C9H21ISi/c1-5-6-7-8-9(10)11(2,3)4/h9H,5-8H2,1-4H3. The Kier molecular flexibility index (Phi) is 6.05. The quantitative estimate of drug-likeness (QED) is 0.306. The first-order valence-corrected chi connectivity index (χ1v) is 9.45. The van der Waals surface area contributed by atoms with Crippen LogP contribution in [0.25, 0.3) is 0 Å². The Morgan fingerprint density at radius 1 is 1.18 bits per heavy atom. The second kappa shape index (κ2) is 5.57. The summed E-state index contributed by atoms with van der Waals surface area (Å²) < 4.78 is 0.978. The van der Waals surface area contributed by atoms with E-state index in [1.54, 1.807) is 0 Å². The minimum absolute atomic E-state index is 0.824. The molecule has 0 aliphatic heterocycles. The molecule has 0 aliphatic rings. The molecule has 0 amide bonds. The van der Waals surface area contributed by atoms with Gasteiger partial charge in [-0.25, -0.2) is 0 Å². The fourth-order valence-corrected chi connectivity index (χ4v) is 2.52. The van der Waals surface area contributed by atoms with E-state index in [0.717, 1.165) is 3.55 Å². The molecule has 0 N–H and O–H groups in total. The molecule has 0 aromatic rings. The molecule has 68 valence electrons. The van der Waals surface area contributed by atoms with Crippen LogP contribution < -0.4 is 0 Å². The number of rotatable bonds is 5. The molecule has 0 aromatic carbocycles. The molecule has 1 atom stereocenters. The third-order valence-corrected chi connectivity index (χ3v) is 10.4. The molecule has 0 aliphatic carbocycles. The zero-order valence-electron chi connectivity index (χ0n) is 8.28. The summed E-state index contributed by atoms with van der Waals surface area (Å²) in [6, 6.07) is 0. The fraction of sp³-hybridized carbons (Fsp3) is 1.00. The maximum absolute atomic E-state index is 2.65. The van der Waals surface area contributed by atoms with Gasteiger partial charge < -0.3 is 0 Å². The lowest BCUT2D eigenvalue weighted by atomic mass is 10.2. The van der Waals surface area contributed by atoms with Gasteiger partial charge in [0, 0.05) is 3.55 Å². The van der Waals surface area contributed by atoms with Crippen LogP contribution in [0.5, 0.6) is 0 Å². The van der Waals surface area contributed by atoms with Crippen LogP contribution in [-0.4, -0.2) is 11.6 Å². The molecule has 0 aromatic heterocycles. The van der Waals surface area contributed by atoms with E-state index in [0.29, 0.717) is 0 Å². The molecule has 2 heteroatoms. The minimum Gasteiger partial charge on any atom is -0.0861 e. The Labute approximate surface area is 86.3 Å². The van der Waals surface area contributed by atoms with Crippen molar-refractivity contribution >= 4 is 30.7 Å². The van der Waals surface area contributed by atoms with Crippen LogP contribution in [0.2, 0.25) is 19.6 Å². The molecule has 0 saturated heterocycles. The molecule has 1 unspecified atom stereocenters. The maximum atomic E-state index is 2.65. The van der Waals surface area contributed by atoms with Crippen molar-refractivity contribution in [3.8, 4) is 0 Å². The second-order valence-electron chi connectivity index (χ2n) is 4.33. The van der Waals surface area contributed by atoms with Gasteiger partial charge in [0.2, 0.25) is 0 Å². The molecule has 0 radical (unpaired) electrons. The summed E-state index contributed by atoms with van der Waals surface area (Å²) in [4.78, 5) is 0. The Hall–Kier alpha value is 0.947. The second-order valence-corrected chi connectivity index (χ2v) is 12.4. The van der Waals surface area contributed by atoms with Crippen molar-refractivity contribution in [3.05, 3.63) is 0 Å². The summed E-state index contributed by atoms with van der Waals surface area (Å²) in [5.41, 5.74) is 0. The third-order valence-electron chi connectivity index (χ3n) is 2.00. The van der Waals surface area contributed by atoms with Crippen molar-refractivity contribution < 1.29 is 0 Å². The maximum Gasteiger partial charge on any atom is 0.0585 e. The Morgan fingerprint density at radius 2 is 1.73 bits per heavy atom. The van der Waals surface area contributed by atoms with Gasteiger partial charge in [-0.2, -0.15) is 0 Å². The van der Waals surface area contributed by atoms with E-state index >= 15 is 0 Å². The third kappa shape index (κ3) is 6.14. The molecule has 11 heavy (non-hydrogen) atoms. The van der Waals surface area contributed by atoms with Crippen LogP contribution in [0.4, 0.5) is 0 Å². The van der Waals surface area contributed by atoms with Gasteiger partial charge in [-0.15, -0.1) is 0 Å². The first-order chi connectivity index (χ1) is 4.98. The number of hydrogen-bond donors (Lipinski definition) is 0. The highest BCUT2D eigenvalue weighted by Crippen LogP contribution is 2.22. The van der Waals surface area contributed by atoms with Crippen LogP contribution in [0.15, 0.2) is 0 Å². The normalized spacial score (nSPS) is 15.0. The molecule has 0 rings (SSSR count). The van der Waals surface area contributed by atoms with E-state index < -0.39 is 8.07 Å². The van der Waals surface area contributed by atoms with Gasteiger partial charge in [0.25, 0.3) is 0 Å². The molecule has 0 spiro atoms. The average Bonchev–Trinajstić information content (AvgIpc) is 1.86. The van der Waals surface area contributed by atoms with Crippen molar-refractivity contribution in [1.82, 2.24) is 0 Å². The monoisotopic (exact) mass is 284 g/mol. The van der Waals surface area contributed by atoms with Gasteiger partial charge in [0.15, 0.2) is 0 Å². The van der Waals surface area contributed by atoms with E-state index in [2.05, 4.69) is 49.2 Å². The van der Waals surface area contributed by atoms with Gasteiger partial charge in [-0.3, -0.25) is 0 Å². The molecular formula is C9H21ISi. The van der Waals surface area contributed by atoms with Crippen molar-refractivity contribution in [1.29, 1.82) is 0 Å². The Morgan fingerprint density at radius 3 is 2.09 bits per heavy atom. The fourth-order valence-electron chi connectivity index (χ4n) is 1.01. The molecular weight excluding hydrogens is 263 g/mol. The van der Waals surface area contributed by atoms with Crippen molar-refractivity contribution in [2.45, 2.75) is 55.8 Å². The zero-order valence-corrected chi connectivity index (χ0v) is 11.4. The van der Waals surface area contributed by atoms with E-state index in [-0.39, 0.29) is 0 Å². The van der Waals surface area contributed by atoms with Crippen molar-refractivity contribution in [3.63, 3.8) is 0 Å². The summed E-state index contributed by atoms with van der Waals surface area (Å²) in [5.74, 6) is 0. The SMILES string of the molecule is CCCCCC(I)[Si](C)(C)C. The van der Waals surface area contributed by atoms with Crippen molar-refractivity contribution in [2.75, 3.05) is 0 Å².